The predicted octanol–water partition coefficient (Wildman–Crippen LogP) is 9.44. The minimum absolute atomic E-state index is 0.00958. The first kappa shape index (κ1) is 47.0. The number of carbonyl (C=O) groups excluding carboxylic acids is 1. The lowest BCUT2D eigenvalue weighted by molar-refractivity contribution is -0.232. The predicted molar refractivity (Wildman–Crippen MR) is 214 cm³/mol. The second-order valence-corrected chi connectivity index (χ2v) is 22.6. The van der Waals surface area contributed by atoms with Gasteiger partial charge >= 0.3 is 5.97 Å². The fourth-order valence-corrected chi connectivity index (χ4v) is 15.0. The monoisotopic (exact) mass is 781 g/mol. The molecule has 2 fully saturated rings. The highest BCUT2D eigenvalue weighted by molar-refractivity contribution is 6.77. The van der Waals surface area contributed by atoms with Crippen molar-refractivity contribution in [2.45, 2.75) is 174 Å². The quantitative estimate of drug-likeness (QED) is 0.0551. The van der Waals surface area contributed by atoms with Gasteiger partial charge in [0.2, 0.25) is 0 Å². The number of methoxy groups -OCH3 is 2. The zero-order chi connectivity index (χ0) is 39.9. The summed E-state index contributed by atoms with van der Waals surface area (Å²) in [7, 11) is 1.06. The number of esters is 1. The molecule has 11 heteroatoms. The number of hydrogen-bond donors (Lipinski definition) is 0. The Bertz CT molecular complexity index is 1160. The third-order valence-electron chi connectivity index (χ3n) is 12.0. The number of rotatable bonds is 20. The molecule has 312 valence electrons. The van der Waals surface area contributed by atoms with Crippen molar-refractivity contribution < 1.29 is 47.1 Å². The zero-order valence-electron chi connectivity index (χ0n) is 35.8. The van der Waals surface area contributed by atoms with Crippen LogP contribution in [0.5, 0.6) is 0 Å². The third-order valence-corrected chi connectivity index (χ3v) is 18.1. The molecule has 3 rings (SSSR count). The van der Waals surface area contributed by atoms with Crippen LogP contribution in [0.3, 0.4) is 0 Å². The number of ether oxygens (including phenoxy) is 8. The minimum Gasteiger partial charge on any atom is -0.462 e. The standard InChI is InChI=1S/C43H76O10Si/c1-13-18-36(26-51-54(30(2)3,31(4)5)32(6)7)38-23-37(48-27-45-11)34(9)41(49-28-46-12)42(50-29-47-25-35-19-15-14-16-20-35)40-33(8)24-43(10,53-40)22-17-21-39(44)52-38/h14-16,19-20,30-34,36-38,40-42H,13,17-18,21-29H2,1-12H3/t33-,34-,36-,37+,38+,40+,41?,42+,43-/m0/s1. The molecule has 2 aliphatic rings. The van der Waals surface area contributed by atoms with Crippen molar-refractivity contribution in [3.05, 3.63) is 35.9 Å². The number of hydrogen-bond acceptors (Lipinski definition) is 10. The molecule has 0 amide bonds. The fraction of sp³-hybridized carbons (Fsp3) is 0.837. The van der Waals surface area contributed by atoms with Crippen LogP contribution in [0.15, 0.2) is 30.3 Å². The van der Waals surface area contributed by atoms with Crippen molar-refractivity contribution in [2.24, 2.45) is 17.8 Å². The van der Waals surface area contributed by atoms with Crippen LogP contribution in [-0.2, 0) is 53.7 Å². The second kappa shape index (κ2) is 23.1. The Hall–Kier alpha value is -1.41. The van der Waals surface area contributed by atoms with Gasteiger partial charge in [0.05, 0.1) is 30.5 Å². The average Bonchev–Trinajstić information content (AvgIpc) is 3.42. The average molecular weight is 781 g/mol. The summed E-state index contributed by atoms with van der Waals surface area (Å²) in [5.41, 5.74) is 1.96. The molecule has 54 heavy (non-hydrogen) atoms. The summed E-state index contributed by atoms with van der Waals surface area (Å²) in [4.78, 5) is 13.7. The van der Waals surface area contributed by atoms with E-state index in [0.717, 1.165) is 31.2 Å². The third kappa shape index (κ3) is 13.1. The van der Waals surface area contributed by atoms with Crippen LogP contribution in [0.2, 0.25) is 16.6 Å². The van der Waals surface area contributed by atoms with E-state index in [1.165, 1.54) is 0 Å². The van der Waals surface area contributed by atoms with E-state index in [-0.39, 0.29) is 50.2 Å². The van der Waals surface area contributed by atoms with E-state index < -0.39 is 38.3 Å². The number of cyclic esters (lactones) is 1. The Balaban J connectivity index is 2.04. The summed E-state index contributed by atoms with van der Waals surface area (Å²) in [6, 6.07) is 10.1. The summed E-state index contributed by atoms with van der Waals surface area (Å²) >= 11 is 0. The topological polar surface area (TPSA) is 100 Å². The summed E-state index contributed by atoms with van der Waals surface area (Å²) < 4.78 is 57.6. The van der Waals surface area contributed by atoms with Crippen LogP contribution in [0.1, 0.15) is 120 Å². The van der Waals surface area contributed by atoms with Gasteiger partial charge in [-0.15, -0.1) is 0 Å². The van der Waals surface area contributed by atoms with Crippen molar-refractivity contribution in [2.75, 3.05) is 41.2 Å². The van der Waals surface area contributed by atoms with Crippen molar-refractivity contribution in [1.82, 2.24) is 0 Å². The summed E-state index contributed by atoms with van der Waals surface area (Å²) in [5.74, 6) is -0.285. The molecule has 2 bridgehead atoms. The minimum atomic E-state index is -2.18. The molecular formula is C43H76O10Si. The van der Waals surface area contributed by atoms with E-state index in [1.807, 2.05) is 30.3 Å². The Labute approximate surface area is 329 Å². The van der Waals surface area contributed by atoms with Gasteiger partial charge in [0, 0.05) is 45.5 Å². The maximum absolute atomic E-state index is 13.7. The van der Waals surface area contributed by atoms with E-state index >= 15 is 0 Å². The molecule has 1 aromatic rings. The molecule has 0 saturated carbocycles. The molecule has 2 aliphatic heterocycles. The first-order valence-corrected chi connectivity index (χ1v) is 22.8. The van der Waals surface area contributed by atoms with Gasteiger partial charge < -0.3 is 42.3 Å². The SMILES string of the molecule is CCC[C@@H](CO[Si](C(C)C)(C(C)C)C(C)C)[C@H]1C[C@@H](OCOC)[C@H](C)C(OCOC)[C@H](OCOCc2ccccc2)[C@@H]2O[C@@](C)(CCCC(=O)O1)C[C@@H]2C. The van der Waals surface area contributed by atoms with Gasteiger partial charge in [0.25, 0.3) is 0 Å². The van der Waals surface area contributed by atoms with E-state index in [1.54, 1.807) is 14.2 Å². The summed E-state index contributed by atoms with van der Waals surface area (Å²) in [5, 5.41) is 0. The van der Waals surface area contributed by atoms with E-state index in [2.05, 4.69) is 69.2 Å². The molecule has 0 radical (unpaired) electrons. The Kier molecular flexibility index (Phi) is 20.1. The van der Waals surface area contributed by atoms with Crippen molar-refractivity contribution >= 4 is 14.3 Å². The lowest BCUT2D eigenvalue weighted by Crippen LogP contribution is -2.52. The van der Waals surface area contributed by atoms with Crippen molar-refractivity contribution in [1.29, 1.82) is 0 Å². The first-order chi connectivity index (χ1) is 25.7. The molecule has 9 atom stereocenters. The van der Waals surface area contributed by atoms with Gasteiger partial charge in [-0.25, -0.2) is 0 Å². The molecular weight excluding hydrogens is 705 g/mol. The smallest absolute Gasteiger partial charge is 0.306 e. The molecule has 0 spiro atoms. The van der Waals surface area contributed by atoms with Gasteiger partial charge in [0.1, 0.15) is 32.6 Å². The Morgan fingerprint density at radius 3 is 2.13 bits per heavy atom. The highest BCUT2D eigenvalue weighted by Gasteiger charge is 2.50. The van der Waals surface area contributed by atoms with Crippen LogP contribution >= 0.6 is 0 Å². The second-order valence-electron chi connectivity index (χ2n) is 17.1. The van der Waals surface area contributed by atoms with E-state index in [0.29, 0.717) is 49.1 Å². The van der Waals surface area contributed by atoms with Gasteiger partial charge in [-0.3, -0.25) is 4.79 Å². The van der Waals surface area contributed by atoms with Gasteiger partial charge in [0.15, 0.2) is 8.32 Å². The highest BCUT2D eigenvalue weighted by atomic mass is 28.4. The van der Waals surface area contributed by atoms with Crippen molar-refractivity contribution in [3.8, 4) is 0 Å². The Morgan fingerprint density at radius 2 is 1.52 bits per heavy atom. The zero-order valence-corrected chi connectivity index (χ0v) is 36.8. The molecule has 2 heterocycles. The largest absolute Gasteiger partial charge is 0.462 e. The Morgan fingerprint density at radius 1 is 0.889 bits per heavy atom. The molecule has 0 aliphatic carbocycles. The maximum atomic E-state index is 13.7. The van der Waals surface area contributed by atoms with Gasteiger partial charge in [-0.2, -0.15) is 0 Å². The number of benzene rings is 1. The van der Waals surface area contributed by atoms with E-state index in [4.69, 9.17) is 42.3 Å². The van der Waals surface area contributed by atoms with Crippen molar-refractivity contribution in [3.63, 3.8) is 0 Å². The molecule has 0 N–H and O–H groups in total. The maximum Gasteiger partial charge on any atom is 0.306 e. The fourth-order valence-electron chi connectivity index (χ4n) is 9.47. The van der Waals surface area contributed by atoms with Crippen LogP contribution in [0.4, 0.5) is 0 Å². The molecule has 1 unspecified atom stereocenters. The normalized spacial score (nSPS) is 29.5. The number of fused-ring (bicyclic) bond motifs is 2. The lowest BCUT2D eigenvalue weighted by atomic mass is 9.83. The van der Waals surface area contributed by atoms with Crippen LogP contribution in [0.25, 0.3) is 0 Å². The number of carbonyl (C=O) groups is 1. The highest BCUT2D eigenvalue weighted by Crippen LogP contribution is 2.44. The summed E-state index contributed by atoms with van der Waals surface area (Å²) in [6.07, 6.45) is 2.66. The molecule has 1 aromatic carbocycles. The lowest BCUT2D eigenvalue weighted by Gasteiger charge is -2.44. The molecule has 10 nitrogen and oxygen atoms in total. The summed E-state index contributed by atoms with van der Waals surface area (Å²) in [6.45, 7) is 23.7. The first-order valence-electron chi connectivity index (χ1n) is 20.7. The van der Waals surface area contributed by atoms with Gasteiger partial charge in [-0.1, -0.05) is 99.1 Å². The van der Waals surface area contributed by atoms with Crippen LogP contribution in [0, 0.1) is 17.8 Å². The molecule has 2 saturated heterocycles. The van der Waals surface area contributed by atoms with Crippen LogP contribution in [-0.4, -0.2) is 91.6 Å². The van der Waals surface area contributed by atoms with E-state index in [9.17, 15) is 4.79 Å². The van der Waals surface area contributed by atoms with Crippen LogP contribution < -0.4 is 0 Å². The molecule has 0 aromatic heterocycles. The van der Waals surface area contributed by atoms with Gasteiger partial charge in [-0.05, 0) is 60.7 Å².